The number of ketones is 2. The van der Waals surface area contributed by atoms with E-state index in [2.05, 4.69) is 13.3 Å². The van der Waals surface area contributed by atoms with Crippen molar-refractivity contribution in [3.63, 3.8) is 0 Å². The van der Waals surface area contributed by atoms with Crippen LogP contribution in [0.2, 0.25) is 0 Å². The smallest absolute Gasteiger partial charge is 0.401 e. The first-order chi connectivity index (χ1) is 7.63. The van der Waals surface area contributed by atoms with Gasteiger partial charge in [-0.1, -0.05) is 20.8 Å². The molecule has 3 rings (SSSR count). The third-order valence-corrected chi connectivity index (χ3v) is 6.28. The quantitative estimate of drug-likeness (QED) is 0.386. The zero-order chi connectivity index (χ0) is 12.9. The molecule has 0 aromatic heterocycles. The summed E-state index contributed by atoms with van der Waals surface area (Å²) in [5.74, 6) is 0.288. The van der Waals surface area contributed by atoms with Crippen molar-refractivity contribution in [3.05, 3.63) is 6.42 Å². The van der Waals surface area contributed by atoms with Gasteiger partial charge in [-0.25, -0.2) is 0 Å². The molecular weight excluding hydrogens is 317 g/mol. The fourth-order valence-corrected chi connectivity index (χ4v) is 4.63. The molecule has 101 valence electrons. The molecule has 3 aliphatic rings. The SMILES string of the molecule is CC1[CH-]C2(C)OC1(C)C1(C)C(=O)CC(=O)C21C.[Ru+]. The molecule has 2 bridgehead atoms. The van der Waals surface area contributed by atoms with Crippen LogP contribution in [0.25, 0.3) is 0 Å². The van der Waals surface area contributed by atoms with Gasteiger partial charge in [-0.3, -0.25) is 16.0 Å². The van der Waals surface area contributed by atoms with Crippen LogP contribution in [0.15, 0.2) is 0 Å². The van der Waals surface area contributed by atoms with Gasteiger partial charge in [0.1, 0.15) is 11.6 Å². The van der Waals surface area contributed by atoms with Crippen molar-refractivity contribution in [2.24, 2.45) is 16.7 Å². The van der Waals surface area contributed by atoms with Crippen LogP contribution in [0, 0.1) is 23.2 Å². The molecule has 0 amide bonds. The summed E-state index contributed by atoms with van der Waals surface area (Å²) in [7, 11) is 0. The Labute approximate surface area is 121 Å². The number of Topliss-reactive ketones (excluding diaryl/α,β-unsaturated/α-hetero) is 2. The average molecular weight is 336 g/mol. The van der Waals surface area contributed by atoms with Crippen molar-refractivity contribution in [2.75, 3.05) is 0 Å². The zero-order valence-electron chi connectivity index (χ0n) is 11.4. The first kappa shape index (κ1) is 14.3. The minimum absolute atomic E-state index is 0. The van der Waals surface area contributed by atoms with Crippen molar-refractivity contribution in [3.8, 4) is 0 Å². The molecule has 2 aliphatic heterocycles. The number of ether oxygens (including phenoxy) is 1. The molecule has 5 atom stereocenters. The summed E-state index contributed by atoms with van der Waals surface area (Å²) >= 11 is 0. The van der Waals surface area contributed by atoms with Crippen LogP contribution in [-0.4, -0.2) is 22.8 Å². The molecule has 0 aromatic rings. The van der Waals surface area contributed by atoms with Crippen LogP contribution in [0.3, 0.4) is 0 Å². The summed E-state index contributed by atoms with van der Waals surface area (Å²) < 4.78 is 6.18. The van der Waals surface area contributed by atoms with Crippen LogP contribution in [0.5, 0.6) is 0 Å². The largest absolute Gasteiger partial charge is 1.00 e. The van der Waals surface area contributed by atoms with Crippen molar-refractivity contribution in [1.29, 1.82) is 0 Å². The number of fused-ring (bicyclic) bond motifs is 5. The zero-order valence-corrected chi connectivity index (χ0v) is 13.2. The number of carbonyl (C=O) groups excluding carboxylic acids is 2. The molecule has 1 aliphatic carbocycles. The summed E-state index contributed by atoms with van der Waals surface area (Å²) in [5.41, 5.74) is -2.52. The predicted octanol–water partition coefficient (Wildman–Crippen LogP) is 1.94. The summed E-state index contributed by atoms with van der Waals surface area (Å²) in [5, 5.41) is 0. The van der Waals surface area contributed by atoms with Crippen LogP contribution in [0.4, 0.5) is 0 Å². The van der Waals surface area contributed by atoms with E-state index in [-0.39, 0.29) is 43.4 Å². The van der Waals surface area contributed by atoms with E-state index in [1.807, 2.05) is 27.7 Å². The van der Waals surface area contributed by atoms with E-state index < -0.39 is 22.0 Å². The van der Waals surface area contributed by atoms with Gasteiger partial charge in [0.25, 0.3) is 0 Å². The maximum Gasteiger partial charge on any atom is 1.00 e. The molecular formula is C14H19O3Ru. The maximum absolute atomic E-state index is 12.4. The second-order valence-electron chi connectivity index (χ2n) is 6.54. The molecule has 0 aromatic carbocycles. The Hall–Kier alpha value is -0.0766. The van der Waals surface area contributed by atoms with E-state index in [0.29, 0.717) is 0 Å². The minimum atomic E-state index is -0.696. The van der Waals surface area contributed by atoms with E-state index in [4.69, 9.17) is 4.74 Å². The third-order valence-electron chi connectivity index (χ3n) is 6.28. The Kier molecular flexibility index (Phi) is 2.65. The Morgan fingerprint density at radius 2 is 1.61 bits per heavy atom. The summed E-state index contributed by atoms with van der Waals surface area (Å²) in [6.07, 6.45) is 2.19. The van der Waals surface area contributed by atoms with Gasteiger partial charge in [-0.05, 0) is 19.4 Å². The molecule has 0 N–H and O–H groups in total. The van der Waals surface area contributed by atoms with Gasteiger partial charge in [0, 0.05) is 5.41 Å². The van der Waals surface area contributed by atoms with E-state index in [0.717, 1.165) is 0 Å². The van der Waals surface area contributed by atoms with Crippen molar-refractivity contribution < 1.29 is 33.8 Å². The van der Waals surface area contributed by atoms with Gasteiger partial charge in [0.2, 0.25) is 0 Å². The second kappa shape index (κ2) is 3.33. The van der Waals surface area contributed by atoms with E-state index >= 15 is 0 Å². The number of carbonyl (C=O) groups is 2. The number of hydrogen-bond acceptors (Lipinski definition) is 3. The van der Waals surface area contributed by atoms with Crippen molar-refractivity contribution in [2.45, 2.75) is 52.2 Å². The standard InChI is InChI=1S/C14H19O3.Ru/c1-8-7-11(2)12(3)9(15)6-10(16)13(12,4)14(8,5)17-11;/h7-8H,6H2,1-5H3;/q-1;+1. The average Bonchev–Trinajstić information content (AvgIpc) is 2.61. The maximum atomic E-state index is 12.4. The number of hydrogen-bond donors (Lipinski definition) is 0. The topological polar surface area (TPSA) is 43.4 Å². The normalized spacial score (nSPS) is 57.7. The summed E-state index contributed by atoms with van der Waals surface area (Å²) in [6, 6.07) is 0. The molecule has 1 saturated carbocycles. The first-order valence-electron chi connectivity index (χ1n) is 6.26. The van der Waals surface area contributed by atoms with Crippen molar-refractivity contribution in [1.82, 2.24) is 0 Å². The van der Waals surface area contributed by atoms with Gasteiger partial charge in [-0.2, -0.15) is 0 Å². The summed E-state index contributed by atoms with van der Waals surface area (Å²) in [6.45, 7) is 9.85. The molecule has 3 nitrogen and oxygen atoms in total. The van der Waals surface area contributed by atoms with Gasteiger partial charge in [-0.15, -0.1) is 5.92 Å². The van der Waals surface area contributed by atoms with Crippen molar-refractivity contribution >= 4 is 11.6 Å². The molecule has 2 saturated heterocycles. The second-order valence-corrected chi connectivity index (χ2v) is 6.54. The van der Waals surface area contributed by atoms with Gasteiger partial charge < -0.3 is 4.74 Å². The van der Waals surface area contributed by atoms with E-state index in [1.54, 1.807) is 0 Å². The third kappa shape index (κ3) is 0.988. The van der Waals surface area contributed by atoms with E-state index in [1.165, 1.54) is 0 Å². The Morgan fingerprint density at radius 3 is 2.17 bits per heavy atom. The Bertz CT molecular complexity index is 462. The van der Waals surface area contributed by atoms with Crippen LogP contribution < -0.4 is 0 Å². The fourth-order valence-electron chi connectivity index (χ4n) is 4.63. The van der Waals surface area contributed by atoms with Gasteiger partial charge >= 0.3 is 19.5 Å². The van der Waals surface area contributed by atoms with Gasteiger partial charge in [0.05, 0.1) is 17.4 Å². The Balaban J connectivity index is 0.00000120. The summed E-state index contributed by atoms with van der Waals surface area (Å²) in [4.78, 5) is 24.7. The van der Waals surface area contributed by atoms with Crippen LogP contribution >= 0.6 is 0 Å². The van der Waals surface area contributed by atoms with E-state index in [9.17, 15) is 9.59 Å². The molecule has 4 heteroatoms. The molecule has 18 heavy (non-hydrogen) atoms. The molecule has 2 heterocycles. The van der Waals surface area contributed by atoms with Gasteiger partial charge in [0.15, 0.2) is 0 Å². The predicted molar refractivity (Wildman–Crippen MR) is 62.2 cm³/mol. The fraction of sp³-hybridized carbons (Fsp3) is 0.786. The molecule has 3 fully saturated rings. The Morgan fingerprint density at radius 1 is 1.11 bits per heavy atom. The number of rotatable bonds is 0. The molecule has 0 spiro atoms. The molecule has 1 radical (unpaired) electrons. The van der Waals surface area contributed by atoms with Crippen LogP contribution in [-0.2, 0) is 33.8 Å². The van der Waals surface area contributed by atoms with Crippen LogP contribution in [0.1, 0.15) is 41.0 Å². The monoisotopic (exact) mass is 337 g/mol. The minimum Gasteiger partial charge on any atom is -0.401 e. The first-order valence-corrected chi connectivity index (χ1v) is 6.26. The molecule has 5 unspecified atom stereocenters.